The first-order chi connectivity index (χ1) is 15.7. The van der Waals surface area contributed by atoms with Crippen LogP contribution in [0.3, 0.4) is 0 Å². The summed E-state index contributed by atoms with van der Waals surface area (Å²) in [4.78, 5) is 21.1. The van der Waals surface area contributed by atoms with E-state index in [1.54, 1.807) is 12.1 Å². The number of H-pyrrole nitrogens is 1. The number of para-hydroxylation sites is 1. The molecule has 32 heavy (non-hydrogen) atoms. The van der Waals surface area contributed by atoms with Crippen molar-refractivity contribution in [3.63, 3.8) is 0 Å². The molecule has 0 aliphatic carbocycles. The van der Waals surface area contributed by atoms with E-state index >= 15 is 0 Å². The van der Waals surface area contributed by atoms with Crippen LogP contribution < -0.4 is 0 Å². The molecule has 6 heteroatoms. The summed E-state index contributed by atoms with van der Waals surface area (Å²) in [6.45, 7) is 0.939. The Morgan fingerprint density at radius 3 is 2.62 bits per heavy atom. The molecule has 3 aromatic carbocycles. The lowest BCUT2D eigenvalue weighted by Gasteiger charge is -2.28. The maximum atomic E-state index is 13.4. The maximum absolute atomic E-state index is 13.4. The second-order valence-electron chi connectivity index (χ2n) is 8.67. The van der Waals surface area contributed by atoms with Crippen molar-refractivity contribution in [2.24, 2.45) is 0 Å². The number of nitrogens with one attached hydrogen (secondary N) is 1. The number of rotatable bonds is 4. The third-order valence-electron chi connectivity index (χ3n) is 6.70. The van der Waals surface area contributed by atoms with Gasteiger partial charge in [-0.05, 0) is 49.1 Å². The third-order valence-corrected chi connectivity index (χ3v) is 6.70. The molecule has 0 radical (unpaired) electrons. The molecule has 6 nitrogen and oxygen atoms in total. The average molecular weight is 425 g/mol. The number of hydrazine groups is 1. The quantitative estimate of drug-likeness (QED) is 0.510. The number of amides is 1. The molecule has 3 heterocycles. The van der Waals surface area contributed by atoms with Crippen molar-refractivity contribution in [3.05, 3.63) is 83.9 Å². The predicted molar refractivity (Wildman–Crippen MR) is 123 cm³/mol. The highest BCUT2D eigenvalue weighted by atomic mass is 16.3. The second kappa shape index (κ2) is 7.50. The van der Waals surface area contributed by atoms with E-state index in [9.17, 15) is 9.90 Å². The fourth-order valence-corrected chi connectivity index (χ4v) is 5.15. The fraction of sp³-hybridized carbons (Fsp3) is 0.231. The fourth-order valence-electron chi connectivity index (χ4n) is 5.15. The number of nitrogens with zero attached hydrogens (tertiary/aromatic N) is 3. The zero-order valence-electron chi connectivity index (χ0n) is 17.6. The topological polar surface area (TPSA) is 72.5 Å². The lowest BCUT2D eigenvalue weighted by molar-refractivity contribution is 0.0198. The number of phenolic OH excluding ortho intramolecular Hbond substituents is 1. The summed E-state index contributed by atoms with van der Waals surface area (Å²) in [5, 5.41) is 14.3. The molecule has 1 amide bonds. The van der Waals surface area contributed by atoms with Crippen molar-refractivity contribution in [1.29, 1.82) is 0 Å². The highest BCUT2D eigenvalue weighted by molar-refractivity contribution is 5.95. The van der Waals surface area contributed by atoms with Gasteiger partial charge in [0.15, 0.2) is 0 Å². The summed E-state index contributed by atoms with van der Waals surface area (Å²) in [7, 11) is 0. The van der Waals surface area contributed by atoms with Crippen LogP contribution in [-0.4, -0.2) is 49.6 Å². The van der Waals surface area contributed by atoms with E-state index < -0.39 is 0 Å². The van der Waals surface area contributed by atoms with Crippen molar-refractivity contribution in [2.45, 2.75) is 31.3 Å². The molecule has 3 atom stereocenters. The summed E-state index contributed by atoms with van der Waals surface area (Å²) < 4.78 is 0. The zero-order valence-corrected chi connectivity index (χ0v) is 17.6. The summed E-state index contributed by atoms with van der Waals surface area (Å²) in [5.74, 6) is 0.894. The van der Waals surface area contributed by atoms with Gasteiger partial charge in [0.2, 0.25) is 0 Å². The van der Waals surface area contributed by atoms with Crippen molar-refractivity contribution in [2.75, 3.05) is 6.54 Å². The van der Waals surface area contributed by atoms with Crippen LogP contribution in [0.4, 0.5) is 0 Å². The Bertz CT molecular complexity index is 1280. The molecule has 2 bridgehead atoms. The summed E-state index contributed by atoms with van der Waals surface area (Å²) in [6, 6.07) is 24.0. The van der Waals surface area contributed by atoms with Crippen LogP contribution in [0.25, 0.3) is 22.4 Å². The number of benzene rings is 3. The monoisotopic (exact) mass is 424 g/mol. The zero-order chi connectivity index (χ0) is 21.7. The standard InChI is InChI=1S/C26H24N4O2/c31-23-8-4-7-22-24(23)28-25(27-22)18-9-11-19(12-10-18)26(32)30-20-13-14-29(30)21(16-20)15-17-5-2-1-3-6-17/h1-12,20-21,31H,13-16H2,(H,27,28). The number of phenols is 1. The molecule has 0 spiro atoms. The van der Waals surface area contributed by atoms with Gasteiger partial charge in [-0.15, -0.1) is 0 Å². The highest BCUT2D eigenvalue weighted by Crippen LogP contribution is 2.36. The van der Waals surface area contributed by atoms with E-state index in [1.165, 1.54) is 5.56 Å². The van der Waals surface area contributed by atoms with Gasteiger partial charge in [0.05, 0.1) is 11.6 Å². The van der Waals surface area contributed by atoms with Crippen molar-refractivity contribution in [3.8, 4) is 17.1 Å². The summed E-state index contributed by atoms with van der Waals surface area (Å²) in [5.41, 5.74) is 4.21. The summed E-state index contributed by atoms with van der Waals surface area (Å²) >= 11 is 0. The molecular formula is C26H24N4O2. The molecule has 1 aromatic heterocycles. The first-order valence-corrected chi connectivity index (χ1v) is 11.1. The molecule has 2 aliphatic rings. The largest absolute Gasteiger partial charge is 0.506 e. The Balaban J connectivity index is 1.21. The molecule has 2 aliphatic heterocycles. The van der Waals surface area contributed by atoms with Gasteiger partial charge >= 0.3 is 0 Å². The number of carbonyl (C=O) groups is 1. The van der Waals surface area contributed by atoms with Crippen LogP contribution in [-0.2, 0) is 6.42 Å². The maximum Gasteiger partial charge on any atom is 0.268 e. The van der Waals surface area contributed by atoms with Gasteiger partial charge in [0.25, 0.3) is 5.91 Å². The number of aromatic amines is 1. The van der Waals surface area contributed by atoms with Crippen LogP contribution in [0.1, 0.15) is 28.8 Å². The van der Waals surface area contributed by atoms with E-state index in [-0.39, 0.29) is 17.7 Å². The number of fused-ring (bicyclic) bond motifs is 3. The smallest absolute Gasteiger partial charge is 0.268 e. The molecule has 2 N–H and O–H groups in total. The molecule has 4 aromatic rings. The van der Waals surface area contributed by atoms with Gasteiger partial charge in [-0.1, -0.05) is 48.5 Å². The predicted octanol–water partition coefficient (Wildman–Crippen LogP) is 4.38. The number of imidazole rings is 1. The number of aromatic nitrogens is 2. The molecule has 2 saturated heterocycles. The second-order valence-corrected chi connectivity index (χ2v) is 8.67. The average Bonchev–Trinajstić information content (AvgIpc) is 3.53. The van der Waals surface area contributed by atoms with Gasteiger partial charge < -0.3 is 10.1 Å². The van der Waals surface area contributed by atoms with Crippen molar-refractivity contribution >= 4 is 16.9 Å². The SMILES string of the molecule is O=C(c1ccc(-c2nc3c(O)cccc3[nH]2)cc1)N1C2CCN1C(Cc1ccccc1)C2. The van der Waals surface area contributed by atoms with Gasteiger partial charge in [-0.2, -0.15) is 0 Å². The van der Waals surface area contributed by atoms with Crippen LogP contribution in [0, 0.1) is 0 Å². The first kappa shape index (κ1) is 19.1. The lowest BCUT2D eigenvalue weighted by Crippen LogP contribution is -2.42. The lowest BCUT2D eigenvalue weighted by atomic mass is 9.97. The Labute approximate surface area is 186 Å². The minimum Gasteiger partial charge on any atom is -0.506 e. The molecule has 6 rings (SSSR count). The van der Waals surface area contributed by atoms with Crippen LogP contribution in [0.15, 0.2) is 72.8 Å². The summed E-state index contributed by atoms with van der Waals surface area (Å²) in [6.07, 6.45) is 3.04. The number of carbonyl (C=O) groups excluding carboxylic acids is 1. The van der Waals surface area contributed by atoms with Crippen LogP contribution in [0.2, 0.25) is 0 Å². The molecule has 0 saturated carbocycles. The van der Waals surface area contributed by atoms with E-state index in [1.807, 2.05) is 41.4 Å². The van der Waals surface area contributed by atoms with Crippen molar-refractivity contribution in [1.82, 2.24) is 20.0 Å². The highest BCUT2D eigenvalue weighted by Gasteiger charge is 2.46. The molecular weight excluding hydrogens is 400 g/mol. The van der Waals surface area contributed by atoms with E-state index in [4.69, 9.17) is 0 Å². The Morgan fingerprint density at radius 2 is 1.84 bits per heavy atom. The van der Waals surface area contributed by atoms with E-state index in [2.05, 4.69) is 39.2 Å². The third kappa shape index (κ3) is 3.15. The van der Waals surface area contributed by atoms with E-state index in [0.29, 0.717) is 22.9 Å². The number of hydrogen-bond donors (Lipinski definition) is 2. The van der Waals surface area contributed by atoms with Gasteiger partial charge in [0, 0.05) is 23.7 Å². The number of piperidine rings is 1. The first-order valence-electron chi connectivity index (χ1n) is 11.1. The molecule has 3 unspecified atom stereocenters. The normalized spacial score (nSPS) is 22.0. The Kier molecular flexibility index (Phi) is 4.47. The Hall–Kier alpha value is -3.64. The number of aromatic hydroxyl groups is 1. The van der Waals surface area contributed by atoms with Gasteiger partial charge in [-0.3, -0.25) is 9.80 Å². The van der Waals surface area contributed by atoms with E-state index in [0.717, 1.165) is 36.9 Å². The molecule has 160 valence electrons. The Morgan fingerprint density at radius 1 is 1.03 bits per heavy atom. The van der Waals surface area contributed by atoms with Gasteiger partial charge in [0.1, 0.15) is 17.1 Å². The van der Waals surface area contributed by atoms with Crippen molar-refractivity contribution < 1.29 is 9.90 Å². The minimum absolute atomic E-state index is 0.0665. The van der Waals surface area contributed by atoms with Crippen LogP contribution in [0.5, 0.6) is 5.75 Å². The van der Waals surface area contributed by atoms with Crippen LogP contribution >= 0.6 is 0 Å². The number of hydrogen-bond acceptors (Lipinski definition) is 4. The molecule has 2 fully saturated rings. The minimum atomic E-state index is 0.0665. The van der Waals surface area contributed by atoms with Gasteiger partial charge in [-0.25, -0.2) is 9.99 Å².